The van der Waals surface area contributed by atoms with Crippen molar-refractivity contribution < 1.29 is 23.5 Å². The molecule has 0 aliphatic heterocycles. The van der Waals surface area contributed by atoms with Crippen molar-refractivity contribution in [2.24, 2.45) is 0 Å². The van der Waals surface area contributed by atoms with Crippen molar-refractivity contribution in [2.45, 2.75) is 0 Å². The zero-order valence-electron chi connectivity index (χ0n) is 11.8. The summed E-state index contributed by atoms with van der Waals surface area (Å²) in [5.41, 5.74) is 3.52. The van der Waals surface area contributed by atoms with Crippen LogP contribution in [0.4, 0.5) is 0 Å². The normalized spacial score (nSPS) is 9.64. The average Bonchev–Trinajstić information content (AvgIpc) is 2.64. The molecule has 0 spiro atoms. The molecule has 0 atom stereocenters. The van der Waals surface area contributed by atoms with Crippen LogP contribution < -0.4 is 4.74 Å². The molecule has 114 valence electrons. The van der Waals surface area contributed by atoms with E-state index in [0.717, 1.165) is 28.3 Å². The summed E-state index contributed by atoms with van der Waals surface area (Å²) in [4.78, 5) is 8.70. The topological polar surface area (TPSA) is 35.0 Å². The molecule has 0 saturated carbocycles. The van der Waals surface area contributed by atoms with E-state index < -0.39 is 0 Å². The Morgan fingerprint density at radius 1 is 0.909 bits per heavy atom. The third kappa shape index (κ3) is 4.16. The van der Waals surface area contributed by atoms with Gasteiger partial charge in [-0.1, -0.05) is 47.5 Å². The molecule has 2 heterocycles. The van der Waals surface area contributed by atoms with E-state index >= 15 is 0 Å². The Bertz CT molecular complexity index is 651. The summed E-state index contributed by atoms with van der Waals surface area (Å²) in [5, 5.41) is 0. The number of nitrogens with zero attached hydrogens (tertiary/aromatic N) is 2. The second-order valence-electron chi connectivity index (χ2n) is 4.28. The Morgan fingerprint density at radius 2 is 1.41 bits per heavy atom. The Morgan fingerprint density at radius 3 is 1.77 bits per heavy atom. The number of hydrogen-bond acceptors (Lipinski definition) is 3. The minimum atomic E-state index is 0.769. The SMILES string of the molecule is COc1cc(-c2ccccn2)[c-]c(-c2ccccn2)c1.[Cl][Pt+]. The van der Waals surface area contributed by atoms with Crippen LogP contribution in [0.25, 0.3) is 22.5 Å². The van der Waals surface area contributed by atoms with Gasteiger partial charge < -0.3 is 4.74 Å². The molecule has 0 aliphatic rings. The molecule has 5 heteroatoms. The van der Waals surface area contributed by atoms with Crippen LogP contribution in [0.2, 0.25) is 0 Å². The molecular formula is C17H13ClN2OPt. The third-order valence-corrected chi connectivity index (χ3v) is 2.96. The summed E-state index contributed by atoms with van der Waals surface area (Å²) in [6.07, 6.45) is 3.53. The van der Waals surface area contributed by atoms with Gasteiger partial charge in [-0.3, -0.25) is 9.97 Å². The van der Waals surface area contributed by atoms with Gasteiger partial charge in [-0.05, 0) is 12.1 Å². The van der Waals surface area contributed by atoms with Crippen LogP contribution in [0.5, 0.6) is 5.75 Å². The molecule has 3 nitrogen and oxygen atoms in total. The van der Waals surface area contributed by atoms with Crippen molar-refractivity contribution in [3.63, 3.8) is 0 Å². The number of halogens is 1. The van der Waals surface area contributed by atoms with Gasteiger partial charge in [0.15, 0.2) is 0 Å². The molecule has 1 aromatic carbocycles. The first kappa shape index (κ1) is 16.7. The van der Waals surface area contributed by atoms with E-state index in [4.69, 9.17) is 4.74 Å². The number of methoxy groups -OCH3 is 1. The number of benzene rings is 1. The van der Waals surface area contributed by atoms with Crippen molar-refractivity contribution in [3.05, 3.63) is 67.0 Å². The second kappa shape index (κ2) is 8.67. The van der Waals surface area contributed by atoms with Crippen LogP contribution in [0, 0.1) is 6.07 Å². The molecule has 0 radical (unpaired) electrons. The van der Waals surface area contributed by atoms with E-state index in [0.29, 0.717) is 0 Å². The monoisotopic (exact) mass is 491 g/mol. The Hall–Kier alpha value is -1.70. The van der Waals surface area contributed by atoms with E-state index in [2.05, 4.69) is 25.5 Å². The molecule has 0 amide bonds. The van der Waals surface area contributed by atoms with E-state index in [9.17, 15) is 0 Å². The zero-order valence-corrected chi connectivity index (χ0v) is 14.8. The predicted molar refractivity (Wildman–Crippen MR) is 84.1 cm³/mol. The van der Waals surface area contributed by atoms with Gasteiger partial charge in [0.1, 0.15) is 0 Å². The van der Waals surface area contributed by atoms with E-state index in [-0.39, 0.29) is 0 Å². The maximum atomic E-state index is 5.36. The van der Waals surface area contributed by atoms with E-state index in [1.807, 2.05) is 48.5 Å². The van der Waals surface area contributed by atoms with Crippen LogP contribution in [-0.2, 0) is 18.8 Å². The van der Waals surface area contributed by atoms with Crippen molar-refractivity contribution >= 4 is 9.42 Å². The average molecular weight is 492 g/mol. The number of hydrogen-bond donors (Lipinski definition) is 0. The Balaban J connectivity index is 0.000000847. The first-order valence-electron chi connectivity index (χ1n) is 6.43. The standard InChI is InChI=1S/C17H13N2O.ClH.Pt/c1-20-15-11-13(16-6-2-4-8-18-16)10-14(12-15)17-7-3-5-9-19-17;;/h2-9,11-12H,1H3;1H;/q-1;;+2/p-1. The molecular weight excluding hydrogens is 479 g/mol. The molecule has 0 fully saturated rings. The van der Waals surface area contributed by atoms with Gasteiger partial charge in [-0.25, -0.2) is 0 Å². The molecule has 3 aromatic rings. The summed E-state index contributed by atoms with van der Waals surface area (Å²) in [6.45, 7) is 0. The summed E-state index contributed by atoms with van der Waals surface area (Å²) < 4.78 is 5.36. The zero-order chi connectivity index (χ0) is 15.8. The maximum absolute atomic E-state index is 5.36. The fourth-order valence-corrected chi connectivity index (χ4v) is 1.98. The molecule has 0 unspecified atom stereocenters. The van der Waals surface area contributed by atoms with E-state index in [1.165, 1.54) is 0 Å². The van der Waals surface area contributed by atoms with Gasteiger partial charge in [-0.15, -0.1) is 6.07 Å². The Kier molecular flexibility index (Phi) is 6.57. The summed E-state index contributed by atoms with van der Waals surface area (Å²) in [6, 6.07) is 18.8. The molecule has 0 N–H and O–H groups in total. The summed E-state index contributed by atoms with van der Waals surface area (Å²) in [5.74, 6) is 0.769. The van der Waals surface area contributed by atoms with Gasteiger partial charge in [0.25, 0.3) is 0 Å². The number of pyridine rings is 2. The molecule has 3 rings (SSSR count). The van der Waals surface area contributed by atoms with Crippen molar-refractivity contribution in [1.82, 2.24) is 9.97 Å². The minimum absolute atomic E-state index is 0.769. The summed E-state index contributed by atoms with van der Waals surface area (Å²) in [7, 11) is 6.26. The van der Waals surface area contributed by atoms with Gasteiger partial charge in [0, 0.05) is 23.8 Å². The van der Waals surface area contributed by atoms with Crippen LogP contribution in [0.15, 0.2) is 60.9 Å². The molecule has 22 heavy (non-hydrogen) atoms. The van der Waals surface area contributed by atoms with E-state index in [1.54, 1.807) is 38.3 Å². The fourth-order valence-electron chi connectivity index (χ4n) is 1.98. The van der Waals surface area contributed by atoms with Crippen LogP contribution in [0.3, 0.4) is 0 Å². The van der Waals surface area contributed by atoms with Crippen molar-refractivity contribution in [2.75, 3.05) is 7.11 Å². The number of ether oxygens (including phenoxy) is 1. The van der Waals surface area contributed by atoms with Crippen LogP contribution in [0.1, 0.15) is 0 Å². The first-order valence-corrected chi connectivity index (χ1v) is 9.24. The van der Waals surface area contributed by atoms with Gasteiger partial charge in [0.2, 0.25) is 0 Å². The molecule has 2 aromatic heterocycles. The third-order valence-electron chi connectivity index (χ3n) is 2.96. The van der Waals surface area contributed by atoms with Crippen LogP contribution >= 0.6 is 9.42 Å². The first-order chi connectivity index (χ1) is 10.9. The van der Waals surface area contributed by atoms with Gasteiger partial charge in [-0.2, -0.15) is 0 Å². The Labute approximate surface area is 145 Å². The second-order valence-corrected chi connectivity index (χ2v) is 4.28. The van der Waals surface area contributed by atoms with Gasteiger partial charge in [0.05, 0.1) is 12.9 Å². The predicted octanol–water partition coefficient (Wildman–Crippen LogP) is 4.31. The van der Waals surface area contributed by atoms with Crippen molar-refractivity contribution in [1.29, 1.82) is 0 Å². The molecule has 0 bridgehead atoms. The van der Waals surface area contributed by atoms with Crippen molar-refractivity contribution in [3.8, 4) is 28.3 Å². The summed E-state index contributed by atoms with van der Waals surface area (Å²) >= 11 is 1.61. The van der Waals surface area contributed by atoms with Crippen LogP contribution in [-0.4, -0.2) is 17.1 Å². The number of rotatable bonds is 3. The molecule has 0 aliphatic carbocycles. The fraction of sp³-hybridized carbons (Fsp3) is 0.0588. The molecule has 0 saturated heterocycles. The van der Waals surface area contributed by atoms with Gasteiger partial charge >= 0.3 is 28.2 Å². The number of aromatic nitrogens is 2. The quantitative estimate of drug-likeness (QED) is 0.512.